The SMILES string of the molecule is CCCC[N+]1(CCCC)C2=CCCCC2CC1C#N. The van der Waals surface area contributed by atoms with E-state index in [9.17, 15) is 5.26 Å². The lowest BCUT2D eigenvalue weighted by Crippen LogP contribution is -2.51. The summed E-state index contributed by atoms with van der Waals surface area (Å²) >= 11 is 0. The van der Waals surface area contributed by atoms with Crippen LogP contribution in [0, 0.1) is 17.2 Å². The van der Waals surface area contributed by atoms with E-state index in [1.807, 2.05) is 0 Å². The number of hydrogen-bond donors (Lipinski definition) is 0. The second-order valence-corrected chi connectivity index (χ2v) is 6.33. The number of rotatable bonds is 6. The normalized spacial score (nSPS) is 28.6. The molecule has 1 aliphatic carbocycles. The molecular formula is C17H29N2+. The lowest BCUT2D eigenvalue weighted by Gasteiger charge is -2.39. The Morgan fingerprint density at radius 1 is 1.26 bits per heavy atom. The summed E-state index contributed by atoms with van der Waals surface area (Å²) in [5, 5.41) is 9.65. The van der Waals surface area contributed by atoms with Gasteiger partial charge >= 0.3 is 0 Å². The van der Waals surface area contributed by atoms with Crippen molar-refractivity contribution in [3.8, 4) is 6.07 Å². The lowest BCUT2D eigenvalue weighted by molar-refractivity contribution is -0.900. The summed E-state index contributed by atoms with van der Waals surface area (Å²) in [6.07, 6.45) is 12.5. The summed E-state index contributed by atoms with van der Waals surface area (Å²) in [6.45, 7) is 6.91. The molecule has 1 aliphatic heterocycles. The maximum absolute atomic E-state index is 9.65. The summed E-state index contributed by atoms with van der Waals surface area (Å²) in [5.74, 6) is 0.715. The molecule has 1 fully saturated rings. The molecule has 0 aromatic carbocycles. The molecule has 1 saturated heterocycles. The van der Waals surface area contributed by atoms with Crippen LogP contribution >= 0.6 is 0 Å². The standard InChI is InChI=1S/C17H29N2/c1-3-5-11-19(12-6-4-2)16(14-18)13-15-9-7-8-10-17(15)19/h10,15-16H,3-9,11-13H2,1-2H3/q+1. The minimum atomic E-state index is 0.229. The van der Waals surface area contributed by atoms with Gasteiger partial charge in [-0.1, -0.05) is 26.7 Å². The van der Waals surface area contributed by atoms with Crippen molar-refractivity contribution in [2.45, 2.75) is 71.3 Å². The Bertz CT molecular complexity index is 356. The molecular weight excluding hydrogens is 232 g/mol. The number of unbranched alkanes of at least 4 members (excludes halogenated alkanes) is 2. The monoisotopic (exact) mass is 261 g/mol. The summed E-state index contributed by atoms with van der Waals surface area (Å²) in [5.41, 5.74) is 1.64. The van der Waals surface area contributed by atoms with Gasteiger partial charge in [-0.05, 0) is 38.2 Å². The maximum atomic E-state index is 9.65. The average molecular weight is 261 g/mol. The fourth-order valence-electron chi connectivity index (χ4n) is 4.09. The molecule has 2 heteroatoms. The predicted molar refractivity (Wildman–Crippen MR) is 79.3 cm³/mol. The molecule has 2 aliphatic rings. The van der Waals surface area contributed by atoms with E-state index in [0.717, 1.165) is 10.9 Å². The van der Waals surface area contributed by atoms with Crippen molar-refractivity contribution >= 4 is 0 Å². The molecule has 2 nitrogen and oxygen atoms in total. The Labute approximate surface area is 118 Å². The summed E-state index contributed by atoms with van der Waals surface area (Å²) < 4.78 is 1.03. The first-order chi connectivity index (χ1) is 9.28. The van der Waals surface area contributed by atoms with Crippen LogP contribution in [0.3, 0.4) is 0 Å². The number of nitrogens with zero attached hydrogens (tertiary/aromatic N) is 2. The molecule has 2 atom stereocenters. The fraction of sp³-hybridized carbons (Fsp3) is 0.824. The summed E-state index contributed by atoms with van der Waals surface area (Å²) in [4.78, 5) is 0. The number of hydrogen-bond acceptors (Lipinski definition) is 1. The zero-order valence-corrected chi connectivity index (χ0v) is 12.7. The highest BCUT2D eigenvalue weighted by Crippen LogP contribution is 2.46. The second-order valence-electron chi connectivity index (χ2n) is 6.33. The molecule has 0 spiro atoms. The predicted octanol–water partition coefficient (Wildman–Crippen LogP) is 4.38. The molecule has 0 saturated carbocycles. The molecule has 2 unspecified atom stereocenters. The second kappa shape index (κ2) is 6.57. The molecule has 0 bridgehead atoms. The van der Waals surface area contributed by atoms with Crippen LogP contribution in [0.5, 0.6) is 0 Å². The van der Waals surface area contributed by atoms with Gasteiger partial charge in [0.2, 0.25) is 0 Å². The van der Waals surface area contributed by atoms with Gasteiger partial charge in [-0.25, -0.2) is 0 Å². The van der Waals surface area contributed by atoms with Gasteiger partial charge in [0.1, 0.15) is 11.8 Å². The third-order valence-electron chi connectivity index (χ3n) is 5.12. The van der Waals surface area contributed by atoms with Crippen molar-refractivity contribution in [3.05, 3.63) is 11.8 Å². The number of nitriles is 1. The fourth-order valence-corrected chi connectivity index (χ4v) is 4.09. The van der Waals surface area contributed by atoms with Gasteiger partial charge < -0.3 is 0 Å². The molecule has 19 heavy (non-hydrogen) atoms. The molecule has 0 aromatic rings. The first-order valence-corrected chi connectivity index (χ1v) is 8.25. The minimum absolute atomic E-state index is 0.229. The van der Waals surface area contributed by atoms with Gasteiger partial charge in [0.25, 0.3) is 0 Å². The summed E-state index contributed by atoms with van der Waals surface area (Å²) in [7, 11) is 0. The Kier molecular flexibility index (Phi) is 5.05. The van der Waals surface area contributed by atoms with Crippen LogP contribution in [0.25, 0.3) is 0 Å². The van der Waals surface area contributed by atoms with Crippen molar-refractivity contribution in [1.29, 1.82) is 5.26 Å². The molecule has 0 aromatic heterocycles. The van der Waals surface area contributed by atoms with Crippen LogP contribution in [0.4, 0.5) is 0 Å². The van der Waals surface area contributed by atoms with Crippen molar-refractivity contribution < 1.29 is 4.48 Å². The van der Waals surface area contributed by atoms with E-state index in [-0.39, 0.29) is 6.04 Å². The van der Waals surface area contributed by atoms with Crippen LogP contribution in [0.15, 0.2) is 11.8 Å². The van der Waals surface area contributed by atoms with Crippen LogP contribution in [-0.4, -0.2) is 23.6 Å². The smallest absolute Gasteiger partial charge is 0.181 e. The quantitative estimate of drug-likeness (QED) is 0.651. The minimum Gasteiger partial charge on any atom is -0.280 e. The van der Waals surface area contributed by atoms with Gasteiger partial charge in [-0.3, -0.25) is 4.48 Å². The zero-order chi connectivity index (χ0) is 13.7. The Morgan fingerprint density at radius 3 is 2.53 bits per heavy atom. The third kappa shape index (κ3) is 2.72. The van der Waals surface area contributed by atoms with Gasteiger partial charge in [0, 0.05) is 12.3 Å². The highest BCUT2D eigenvalue weighted by atomic mass is 15.4. The van der Waals surface area contributed by atoms with Gasteiger partial charge in [-0.15, -0.1) is 0 Å². The van der Waals surface area contributed by atoms with E-state index in [4.69, 9.17) is 0 Å². The van der Waals surface area contributed by atoms with Gasteiger partial charge in [0.15, 0.2) is 6.04 Å². The van der Waals surface area contributed by atoms with Crippen molar-refractivity contribution in [1.82, 2.24) is 0 Å². The highest BCUT2D eigenvalue weighted by Gasteiger charge is 2.51. The lowest BCUT2D eigenvalue weighted by atomic mass is 9.91. The van der Waals surface area contributed by atoms with Crippen LogP contribution < -0.4 is 0 Å². The molecule has 0 radical (unpaired) electrons. The highest BCUT2D eigenvalue weighted by molar-refractivity contribution is 5.12. The maximum Gasteiger partial charge on any atom is 0.181 e. The molecule has 106 valence electrons. The Balaban J connectivity index is 2.29. The largest absolute Gasteiger partial charge is 0.280 e. The zero-order valence-electron chi connectivity index (χ0n) is 12.7. The van der Waals surface area contributed by atoms with Crippen molar-refractivity contribution in [3.63, 3.8) is 0 Å². The van der Waals surface area contributed by atoms with E-state index in [1.54, 1.807) is 5.70 Å². The van der Waals surface area contributed by atoms with Crippen LogP contribution in [0.1, 0.15) is 65.2 Å². The number of allylic oxidation sites excluding steroid dienone is 2. The summed E-state index contributed by atoms with van der Waals surface area (Å²) in [6, 6.07) is 2.89. The topological polar surface area (TPSA) is 23.8 Å². The van der Waals surface area contributed by atoms with Crippen LogP contribution in [-0.2, 0) is 0 Å². The Morgan fingerprint density at radius 2 is 1.95 bits per heavy atom. The molecule has 0 N–H and O–H groups in total. The van der Waals surface area contributed by atoms with Crippen LogP contribution in [0.2, 0.25) is 0 Å². The van der Waals surface area contributed by atoms with E-state index in [1.165, 1.54) is 58.0 Å². The van der Waals surface area contributed by atoms with E-state index in [2.05, 4.69) is 26.0 Å². The van der Waals surface area contributed by atoms with Gasteiger partial charge in [0.05, 0.1) is 13.1 Å². The Hall–Kier alpha value is -0.810. The number of quaternary nitrogens is 1. The number of fused-ring (bicyclic) bond motifs is 1. The van der Waals surface area contributed by atoms with Crippen molar-refractivity contribution in [2.24, 2.45) is 5.92 Å². The first kappa shape index (κ1) is 14.6. The molecule has 1 heterocycles. The van der Waals surface area contributed by atoms with Gasteiger partial charge in [-0.2, -0.15) is 5.26 Å². The van der Waals surface area contributed by atoms with Crippen molar-refractivity contribution in [2.75, 3.05) is 13.1 Å². The molecule has 0 amide bonds. The molecule has 2 rings (SSSR count). The third-order valence-corrected chi connectivity index (χ3v) is 5.12. The first-order valence-electron chi connectivity index (χ1n) is 8.25. The average Bonchev–Trinajstić information content (AvgIpc) is 2.77. The van der Waals surface area contributed by atoms with E-state index < -0.39 is 0 Å². The number of likely N-dealkylation sites (tertiary alicyclic amines) is 1. The van der Waals surface area contributed by atoms with E-state index >= 15 is 0 Å². The van der Waals surface area contributed by atoms with E-state index in [0.29, 0.717) is 5.92 Å².